The topological polar surface area (TPSA) is 441 Å². The zero-order chi connectivity index (χ0) is 70.2. The summed E-state index contributed by atoms with van der Waals surface area (Å²) in [5.41, 5.74) is 1.55. The lowest BCUT2D eigenvalue weighted by atomic mass is 9.98. The largest absolute Gasteiger partial charge is 0.504 e. The van der Waals surface area contributed by atoms with Crippen LogP contribution >= 0.6 is 23.7 Å². The number of nitrogens with zero attached hydrogens (tertiary/aromatic N) is 5. The third kappa shape index (κ3) is 19.1. The maximum absolute atomic E-state index is 15.4. The van der Waals surface area contributed by atoms with Gasteiger partial charge in [-0.05, 0) is 99.8 Å². The van der Waals surface area contributed by atoms with Crippen LogP contribution in [0.2, 0.25) is 0 Å². The van der Waals surface area contributed by atoms with E-state index < -0.39 is 164 Å². The summed E-state index contributed by atoms with van der Waals surface area (Å²) in [5.74, 6) is -8.48. The fourth-order valence-electron chi connectivity index (χ4n) is 12.6. The number of aromatic nitrogens is 2. The molecule has 1 unspecified atom stereocenters. The average Bonchev–Trinajstić information content (AvgIpc) is 1.48. The van der Waals surface area contributed by atoms with Gasteiger partial charge in [-0.1, -0.05) is 65.1 Å². The maximum Gasteiger partial charge on any atom is 0.410 e. The molecule has 98 heavy (non-hydrogen) atoms. The van der Waals surface area contributed by atoms with Crippen molar-refractivity contribution in [2.24, 2.45) is 5.92 Å². The molecule has 13 atom stereocenters. The van der Waals surface area contributed by atoms with Crippen LogP contribution in [0.1, 0.15) is 94.0 Å². The summed E-state index contributed by atoms with van der Waals surface area (Å²) in [6.07, 6.45) is -6.13. The molecule has 9 rings (SSSR count). The molecule has 4 aromatic rings. The quantitative estimate of drug-likeness (QED) is 0.0208. The van der Waals surface area contributed by atoms with E-state index in [1.54, 1.807) is 26.2 Å². The molecule has 1 aromatic heterocycles. The molecule has 5 aliphatic heterocycles. The van der Waals surface area contributed by atoms with E-state index in [1.807, 2.05) is 24.3 Å². The first-order valence-electron chi connectivity index (χ1n) is 32.6. The van der Waals surface area contributed by atoms with E-state index in [4.69, 9.17) is 23.7 Å². The molecule has 0 bridgehead atoms. The van der Waals surface area contributed by atoms with Crippen LogP contribution in [0.15, 0.2) is 66.7 Å². The smallest absolute Gasteiger partial charge is 0.410 e. The number of fused-ring (bicyclic) bond motifs is 2. The van der Waals surface area contributed by atoms with Crippen molar-refractivity contribution in [3.05, 3.63) is 77.9 Å². The normalized spacial score (nSPS) is 26.4. The number of aromatic hydroxyl groups is 1. The Hall–Kier alpha value is -7.87. The van der Waals surface area contributed by atoms with Gasteiger partial charge in [-0.3, -0.25) is 33.6 Å². The summed E-state index contributed by atoms with van der Waals surface area (Å²) in [6, 6.07) is 5.92. The fourth-order valence-corrected chi connectivity index (χ4v) is 13.7. The number of hydrogen-bond donors (Lipinski definition) is 13. The van der Waals surface area contributed by atoms with Gasteiger partial charge in [-0.2, -0.15) is 0 Å². The van der Waals surface area contributed by atoms with Crippen molar-refractivity contribution in [1.29, 1.82) is 0 Å². The molecule has 534 valence electrons. The van der Waals surface area contributed by atoms with Gasteiger partial charge in [0.2, 0.25) is 35.4 Å². The maximum atomic E-state index is 15.4. The van der Waals surface area contributed by atoms with E-state index in [9.17, 15) is 59.4 Å². The summed E-state index contributed by atoms with van der Waals surface area (Å²) < 4.78 is 26.5. The Morgan fingerprint density at radius 3 is 2.11 bits per heavy atom. The van der Waals surface area contributed by atoms with Gasteiger partial charge in [0.25, 0.3) is 18.2 Å². The third-order valence-corrected chi connectivity index (χ3v) is 19.3. The number of carbonyl (C=O) groups is 8. The summed E-state index contributed by atoms with van der Waals surface area (Å²) in [7, 11) is 1.70. The molecule has 0 aliphatic carbocycles. The number of phenolic OH excluding ortho intramolecular Hbond substituents is 1. The summed E-state index contributed by atoms with van der Waals surface area (Å²) in [5, 5.41) is 106. The van der Waals surface area contributed by atoms with Gasteiger partial charge in [0.1, 0.15) is 58.1 Å². The number of aliphatic hydroxyl groups excluding tert-OH is 5. The van der Waals surface area contributed by atoms with E-state index in [2.05, 4.69) is 51.5 Å². The highest BCUT2D eigenvalue weighted by atomic mass is 32.2. The highest BCUT2D eigenvalue weighted by Crippen LogP contribution is 2.34. The highest BCUT2D eigenvalue weighted by molar-refractivity contribution is 7.90. The zero-order valence-corrected chi connectivity index (χ0v) is 55.9. The van der Waals surface area contributed by atoms with Crippen LogP contribution in [-0.4, -0.2) is 247 Å². The Labute approximate surface area is 572 Å². The van der Waals surface area contributed by atoms with Crippen molar-refractivity contribution in [3.63, 3.8) is 0 Å². The van der Waals surface area contributed by atoms with Gasteiger partial charge in [-0.15, -0.1) is 10.2 Å². The molecule has 3 aromatic carbocycles. The first kappa shape index (κ1) is 74.4. The number of methoxy groups -OCH3 is 1. The minimum absolute atomic E-state index is 0.0212. The average molecular weight is 1410 g/mol. The molecule has 32 nitrogen and oxygen atoms in total. The number of carbonyl (C=O) groups excluding carboxylic acids is 8. The second-order valence-corrected chi connectivity index (χ2v) is 26.5. The molecule has 8 amide bonds. The molecular weight excluding hydrogens is 1320 g/mol. The summed E-state index contributed by atoms with van der Waals surface area (Å²) >= 11 is 1.39. The predicted octanol–water partition coefficient (Wildman–Crippen LogP) is 0.467. The van der Waals surface area contributed by atoms with Crippen molar-refractivity contribution < 1.29 is 102 Å². The Kier molecular flexibility index (Phi) is 26.7. The number of phenols is 1. The number of ether oxygens (including phenoxy) is 3. The van der Waals surface area contributed by atoms with E-state index in [1.165, 1.54) is 40.5 Å². The van der Waals surface area contributed by atoms with Crippen LogP contribution in [0, 0.1) is 5.92 Å². The Morgan fingerprint density at radius 2 is 1.44 bits per heavy atom. The minimum atomic E-state index is -2.11. The number of nitrogens with one attached hydrogen (secondary N) is 6. The molecule has 5 saturated heterocycles. The molecule has 34 heteroatoms. The Balaban J connectivity index is 0.984. The Bertz CT molecular complexity index is 3390. The van der Waals surface area contributed by atoms with Crippen molar-refractivity contribution in [3.8, 4) is 38.4 Å². The number of unbranched alkanes of at least 4 members (excludes halogenated alkanes) is 4. The number of hydrogen-bond acceptors (Lipinski definition) is 26. The minimum Gasteiger partial charge on any atom is -0.504 e. The number of piperidine rings is 1. The first-order chi connectivity index (χ1) is 47.1. The van der Waals surface area contributed by atoms with Crippen LogP contribution in [0.5, 0.6) is 17.2 Å². The molecule has 0 radical (unpaired) electrons. The van der Waals surface area contributed by atoms with Crippen molar-refractivity contribution in [2.45, 2.75) is 163 Å². The molecule has 0 saturated carbocycles. The van der Waals surface area contributed by atoms with E-state index in [0.717, 1.165) is 72.8 Å². The van der Waals surface area contributed by atoms with Crippen LogP contribution in [-0.2, 0) is 54.0 Å². The van der Waals surface area contributed by atoms with Gasteiger partial charge in [0, 0.05) is 94.2 Å². The second kappa shape index (κ2) is 35.3. The lowest BCUT2D eigenvalue weighted by molar-refractivity contribution is -0.433. The Morgan fingerprint density at radius 1 is 0.765 bits per heavy atom. The molecule has 5 aliphatic rings. The molecule has 13 N–H and O–H groups in total. The number of amides is 8. The van der Waals surface area contributed by atoms with Crippen LogP contribution < -0.4 is 40.8 Å². The standard InChI is InChI=1S/C64H85N11O21S2/c1-34-32-75-53(54(34)81)59(86)66-31-41(77)29-44(67-55(82)37-10-12-38(13-11-37)60-71-72-61(97-60)39-14-16-43(17-15-39)92-26-8-6-4-5-7-25-91-3)56(83)68-50(35(2)76)62(87)74-33-42(78)30-45(74)57(84)69-51(47(80)27-36-9-18-46(79)49(28-36)94-98-96-95-90)58(85)70-52(63(75)88)48-21-24-73(64(89)93-48)40-19-22-65-23-20-40/h9-18,28,34-35,40-42,44-45,47-48,50-54,65,76-81,90H,4-8,19-27,29-33H2,1-3H3,(H,66,86)(H,67,82)(H,68,83)(H,69,84)(H,70,85)/t34-,35+,41+,42+,44+,45+,47-,48?,50+,51+,52+,53+,54+/m1/s1. The van der Waals surface area contributed by atoms with Crippen LogP contribution in [0.3, 0.4) is 0 Å². The van der Waals surface area contributed by atoms with E-state index >= 15 is 9.59 Å². The highest BCUT2D eigenvalue weighted by Gasteiger charge is 2.51. The number of cyclic esters (lactones) is 1. The van der Waals surface area contributed by atoms with E-state index in [0.29, 0.717) is 48.1 Å². The molecular formula is C64H85N11O21S2. The van der Waals surface area contributed by atoms with E-state index in [-0.39, 0.29) is 54.8 Å². The van der Waals surface area contributed by atoms with Crippen molar-refractivity contribution >= 4 is 71.1 Å². The number of rotatable bonds is 23. The first-order valence-corrected chi connectivity index (χ1v) is 34.1. The third-order valence-electron chi connectivity index (χ3n) is 18.0. The predicted molar refractivity (Wildman–Crippen MR) is 349 cm³/mol. The van der Waals surface area contributed by atoms with Gasteiger partial charge in [0.05, 0.1) is 37.1 Å². The van der Waals surface area contributed by atoms with Crippen molar-refractivity contribution in [1.82, 2.24) is 56.8 Å². The van der Waals surface area contributed by atoms with Gasteiger partial charge in [0.15, 0.2) is 11.5 Å². The number of aliphatic hydroxyl groups is 5. The van der Waals surface area contributed by atoms with Gasteiger partial charge >= 0.3 is 6.09 Å². The summed E-state index contributed by atoms with van der Waals surface area (Å²) in [4.78, 5) is 121. The lowest BCUT2D eigenvalue weighted by Crippen LogP contribution is -2.65. The molecule has 6 heterocycles. The fraction of sp³-hybridized carbons (Fsp3) is 0.562. The summed E-state index contributed by atoms with van der Waals surface area (Å²) in [6.45, 7) is 3.75. The monoisotopic (exact) mass is 1410 g/mol. The molecule has 5 fully saturated rings. The second-order valence-electron chi connectivity index (χ2n) is 25.0. The molecule has 0 spiro atoms. The lowest BCUT2D eigenvalue weighted by Gasteiger charge is -2.41. The van der Waals surface area contributed by atoms with Gasteiger partial charge in [-0.25, -0.2) is 10.1 Å². The zero-order valence-electron chi connectivity index (χ0n) is 54.3. The number of β-amino-alcohol motifs (C(OH)–C–C–N with tert-alkyl or cyclic N) is 1. The van der Waals surface area contributed by atoms with Crippen LogP contribution in [0.25, 0.3) is 21.1 Å². The SMILES string of the molecule is COCCCCCCCOc1ccc(-c2nnc(-c3ccc(C(=O)N[C@H]4C[C@H](O)CNC(=O)[C@@H]5[C@@H](O)[C@H](C)CN5C(=O)[C@H](C5CCN(C6CCNCC6)C(=O)O5)NC(=O)[C@H]([C@H](O)Cc5ccc(O)c(OSOOO)c5)NC(=O)[C@@H]5C[C@H](O)CN5C(=O)[C@H]([C@H](C)O)NC4=O)cc3)s2)cc1. The van der Waals surface area contributed by atoms with Gasteiger partial charge < -0.3 is 95.6 Å². The van der Waals surface area contributed by atoms with Crippen LogP contribution in [0.4, 0.5) is 4.79 Å². The number of benzene rings is 3. The van der Waals surface area contributed by atoms with Crippen molar-refractivity contribution in [2.75, 3.05) is 59.6 Å².